The van der Waals surface area contributed by atoms with E-state index in [4.69, 9.17) is 9.05 Å². The number of aliphatic hydroxyl groups is 1. The van der Waals surface area contributed by atoms with Gasteiger partial charge in [0.05, 0.1) is 39.9 Å². The second-order valence-corrected chi connectivity index (χ2v) is 19.3. The minimum absolute atomic E-state index is 0.0608. The molecular weight excluding hydrogens is 756 g/mol. The largest absolute Gasteiger partial charge is 0.472 e. The maximum atomic E-state index is 12.8. The van der Waals surface area contributed by atoms with E-state index in [1.165, 1.54) is 135 Å². The fraction of sp³-hybridized carbons (Fsp3) is 0.820. The molecule has 0 saturated heterocycles. The van der Waals surface area contributed by atoms with Crippen LogP contribution < -0.4 is 5.32 Å². The Kier molecular flexibility index (Phi) is 40.7. The van der Waals surface area contributed by atoms with Gasteiger partial charge in [-0.25, -0.2) is 4.57 Å². The summed E-state index contributed by atoms with van der Waals surface area (Å²) in [5.74, 6) is -0.224. The molecule has 346 valence electrons. The van der Waals surface area contributed by atoms with Crippen LogP contribution in [0.25, 0.3) is 0 Å². The number of nitrogens with zero attached hydrogens (tertiary/aromatic N) is 1. The highest BCUT2D eigenvalue weighted by atomic mass is 31.2. The maximum absolute atomic E-state index is 12.8. The lowest BCUT2D eigenvalue weighted by Gasteiger charge is -2.26. The number of hydrogen-bond acceptors (Lipinski definition) is 5. The first-order chi connectivity index (χ1) is 28.5. The van der Waals surface area contributed by atoms with Crippen molar-refractivity contribution in [2.75, 3.05) is 40.9 Å². The SMILES string of the molecule is CC/C=C\C/C=C\C/C=C\C/C=C\CCC(=O)NC(COP(=O)(O)OCC[N+](C)(C)C)C(O)CCCCCCCCCCCCCCCCCCCCCCCCCC. The van der Waals surface area contributed by atoms with E-state index < -0.39 is 20.0 Å². The van der Waals surface area contributed by atoms with Gasteiger partial charge in [-0.3, -0.25) is 13.8 Å². The Hall–Kier alpha value is -1.54. The molecule has 3 unspecified atom stereocenters. The highest BCUT2D eigenvalue weighted by molar-refractivity contribution is 7.47. The molecule has 0 fully saturated rings. The molecule has 8 nitrogen and oxygen atoms in total. The molecule has 1 amide bonds. The van der Waals surface area contributed by atoms with Crippen molar-refractivity contribution in [3.63, 3.8) is 0 Å². The van der Waals surface area contributed by atoms with Crippen molar-refractivity contribution in [3.05, 3.63) is 48.6 Å². The number of rotatable bonds is 44. The van der Waals surface area contributed by atoms with Crippen LogP contribution in [0.4, 0.5) is 0 Å². The molecule has 0 saturated carbocycles. The number of hydrogen-bond donors (Lipinski definition) is 3. The molecule has 0 aromatic heterocycles. The maximum Gasteiger partial charge on any atom is 0.472 e. The van der Waals surface area contributed by atoms with Gasteiger partial charge >= 0.3 is 7.82 Å². The number of carbonyl (C=O) groups is 1. The van der Waals surface area contributed by atoms with Crippen LogP contribution in [0.5, 0.6) is 0 Å². The Balaban J connectivity index is 4.26. The van der Waals surface area contributed by atoms with E-state index in [1.54, 1.807) is 0 Å². The van der Waals surface area contributed by atoms with Crippen LogP contribution in [0.15, 0.2) is 48.6 Å². The van der Waals surface area contributed by atoms with Crippen molar-refractivity contribution in [1.82, 2.24) is 5.32 Å². The highest BCUT2D eigenvalue weighted by Crippen LogP contribution is 2.43. The number of phosphoric acid groups is 1. The summed E-state index contributed by atoms with van der Waals surface area (Å²) >= 11 is 0. The Morgan fingerprint density at radius 3 is 1.39 bits per heavy atom. The normalized spacial score (nSPS) is 14.6. The first-order valence-corrected chi connectivity index (χ1v) is 26.0. The van der Waals surface area contributed by atoms with Gasteiger partial charge in [-0.2, -0.15) is 0 Å². The lowest BCUT2D eigenvalue weighted by molar-refractivity contribution is -0.870. The molecule has 0 aliphatic carbocycles. The average Bonchev–Trinajstić information content (AvgIpc) is 3.19. The molecule has 59 heavy (non-hydrogen) atoms. The van der Waals surface area contributed by atoms with Gasteiger partial charge < -0.3 is 19.8 Å². The van der Waals surface area contributed by atoms with Crippen molar-refractivity contribution in [2.45, 2.75) is 225 Å². The molecular formula is C50H96N2O6P+. The van der Waals surface area contributed by atoms with E-state index in [2.05, 4.69) is 55.6 Å². The third-order valence-electron chi connectivity index (χ3n) is 10.9. The molecule has 0 heterocycles. The Labute approximate surface area is 365 Å². The Morgan fingerprint density at radius 1 is 0.593 bits per heavy atom. The van der Waals surface area contributed by atoms with E-state index in [9.17, 15) is 19.4 Å². The predicted molar refractivity (Wildman–Crippen MR) is 254 cm³/mol. The van der Waals surface area contributed by atoms with Gasteiger partial charge in [-0.15, -0.1) is 0 Å². The second kappa shape index (κ2) is 41.8. The van der Waals surface area contributed by atoms with Crippen LogP contribution >= 0.6 is 7.82 Å². The highest BCUT2D eigenvalue weighted by Gasteiger charge is 2.28. The van der Waals surface area contributed by atoms with Crippen LogP contribution in [0.2, 0.25) is 0 Å². The zero-order valence-electron chi connectivity index (χ0n) is 39.2. The number of aliphatic hydroxyl groups excluding tert-OH is 1. The fourth-order valence-electron chi connectivity index (χ4n) is 7.00. The van der Waals surface area contributed by atoms with E-state index in [0.29, 0.717) is 23.9 Å². The minimum Gasteiger partial charge on any atom is -0.391 e. The average molecular weight is 852 g/mol. The summed E-state index contributed by atoms with van der Waals surface area (Å²) < 4.78 is 23.6. The fourth-order valence-corrected chi connectivity index (χ4v) is 7.73. The number of phosphoric ester groups is 1. The van der Waals surface area contributed by atoms with Gasteiger partial charge in [0.2, 0.25) is 5.91 Å². The van der Waals surface area contributed by atoms with E-state index >= 15 is 0 Å². The van der Waals surface area contributed by atoms with Crippen LogP contribution in [-0.4, -0.2) is 73.4 Å². The summed E-state index contributed by atoms with van der Waals surface area (Å²) in [7, 11) is 1.57. The second-order valence-electron chi connectivity index (χ2n) is 17.8. The lowest BCUT2D eigenvalue weighted by Crippen LogP contribution is -2.46. The summed E-state index contributed by atoms with van der Waals surface area (Å²) in [4.78, 5) is 23.1. The van der Waals surface area contributed by atoms with Crippen LogP contribution in [0, 0.1) is 0 Å². The zero-order valence-corrected chi connectivity index (χ0v) is 40.1. The number of quaternary nitrogens is 1. The molecule has 3 N–H and O–H groups in total. The molecule has 0 aromatic carbocycles. The molecule has 0 spiro atoms. The quantitative estimate of drug-likeness (QED) is 0.0244. The van der Waals surface area contributed by atoms with Gasteiger partial charge in [-0.05, 0) is 38.5 Å². The van der Waals surface area contributed by atoms with Crippen LogP contribution in [-0.2, 0) is 18.4 Å². The van der Waals surface area contributed by atoms with Crippen molar-refractivity contribution in [3.8, 4) is 0 Å². The number of likely N-dealkylation sites (N-methyl/N-ethyl adjacent to an activating group) is 1. The predicted octanol–water partition coefficient (Wildman–Crippen LogP) is 14.0. The lowest BCUT2D eigenvalue weighted by atomic mass is 10.0. The molecule has 0 rings (SSSR count). The van der Waals surface area contributed by atoms with Gasteiger partial charge in [0.25, 0.3) is 0 Å². The first kappa shape index (κ1) is 57.5. The summed E-state index contributed by atoms with van der Waals surface area (Å²) in [5.41, 5.74) is 0. The Bertz CT molecular complexity index is 1100. The van der Waals surface area contributed by atoms with Gasteiger partial charge in [0, 0.05) is 6.42 Å². The Morgan fingerprint density at radius 2 is 0.983 bits per heavy atom. The molecule has 0 radical (unpaired) electrons. The molecule has 0 aliphatic rings. The molecule has 0 bridgehead atoms. The number of allylic oxidation sites excluding steroid dienone is 8. The summed E-state index contributed by atoms with van der Waals surface area (Å²) in [6, 6.07) is -0.799. The van der Waals surface area contributed by atoms with Gasteiger partial charge in [0.1, 0.15) is 13.2 Å². The number of carbonyl (C=O) groups excluding carboxylic acids is 1. The standard InChI is InChI=1S/C50H95N2O6P/c1-6-8-10-12-14-16-18-20-21-22-23-24-25-26-27-28-29-30-32-33-35-37-39-41-43-49(53)48(47-58-59(55,56)57-46-45-52(3,4)5)51-50(54)44-42-40-38-36-34-31-19-17-15-13-11-9-7-2/h9,11,15,17,31,34,38,40,48-49,53H,6-8,10,12-14,16,18-30,32-33,35-37,39,41-47H2,1-5H3,(H-,51,54,55,56)/p+1/b11-9-,17-15-,34-31-,40-38-. The number of nitrogens with one attached hydrogen (secondary N) is 1. The van der Waals surface area contributed by atoms with Crippen molar-refractivity contribution in [2.24, 2.45) is 0 Å². The van der Waals surface area contributed by atoms with E-state index in [0.717, 1.165) is 44.9 Å². The van der Waals surface area contributed by atoms with Gasteiger partial charge in [0.15, 0.2) is 0 Å². The van der Waals surface area contributed by atoms with Crippen molar-refractivity contribution < 1.29 is 32.9 Å². The molecule has 9 heteroatoms. The third kappa shape index (κ3) is 44.3. The van der Waals surface area contributed by atoms with E-state index in [-0.39, 0.29) is 25.5 Å². The summed E-state index contributed by atoms with van der Waals surface area (Å²) in [6.45, 7) is 4.72. The number of unbranched alkanes of at least 4 members (excludes halogenated alkanes) is 23. The summed E-state index contributed by atoms with van der Waals surface area (Å²) in [6.07, 6.45) is 53.2. The van der Waals surface area contributed by atoms with Crippen LogP contribution in [0.1, 0.15) is 213 Å². The summed E-state index contributed by atoms with van der Waals surface area (Å²) in [5, 5.41) is 13.9. The van der Waals surface area contributed by atoms with Crippen molar-refractivity contribution in [1.29, 1.82) is 0 Å². The van der Waals surface area contributed by atoms with E-state index in [1.807, 2.05) is 33.3 Å². The van der Waals surface area contributed by atoms with Crippen LogP contribution in [0.3, 0.4) is 0 Å². The van der Waals surface area contributed by atoms with Gasteiger partial charge in [-0.1, -0.05) is 217 Å². The molecule has 0 aromatic rings. The topological polar surface area (TPSA) is 105 Å². The first-order valence-electron chi connectivity index (χ1n) is 24.5. The molecule has 0 aliphatic heterocycles. The molecule has 3 atom stereocenters. The monoisotopic (exact) mass is 852 g/mol. The third-order valence-corrected chi connectivity index (χ3v) is 11.8. The zero-order chi connectivity index (χ0) is 43.6. The number of amides is 1. The minimum atomic E-state index is -4.34. The van der Waals surface area contributed by atoms with Crippen molar-refractivity contribution >= 4 is 13.7 Å². The smallest absolute Gasteiger partial charge is 0.391 e.